The van der Waals surface area contributed by atoms with Gasteiger partial charge < -0.3 is 5.11 Å². The van der Waals surface area contributed by atoms with Crippen molar-refractivity contribution < 1.29 is 14.8 Å². The molecule has 20 heavy (non-hydrogen) atoms. The summed E-state index contributed by atoms with van der Waals surface area (Å²) < 4.78 is 0. The molecule has 6 heteroatoms. The van der Waals surface area contributed by atoms with Gasteiger partial charge in [0.1, 0.15) is 0 Å². The average molecular weight is 295 g/mol. The Morgan fingerprint density at radius 3 is 2.45 bits per heavy atom. The van der Waals surface area contributed by atoms with Crippen molar-refractivity contribution in [2.75, 3.05) is 0 Å². The van der Waals surface area contributed by atoms with E-state index in [1.807, 2.05) is 0 Å². The molecule has 0 heterocycles. The number of carboxylic acids is 1. The van der Waals surface area contributed by atoms with Gasteiger partial charge in [-0.3, -0.25) is 14.9 Å². The summed E-state index contributed by atoms with van der Waals surface area (Å²) in [5.74, 6) is -1.05. The Kier molecular flexibility index (Phi) is 5.00. The maximum absolute atomic E-state index is 11.3. The Morgan fingerprint density at radius 1 is 1.20 bits per heavy atom. The fourth-order valence-electron chi connectivity index (χ4n) is 2.52. The molecule has 1 aliphatic rings. The monoisotopic (exact) mass is 295 g/mol. The predicted octanol–water partition coefficient (Wildman–Crippen LogP) is 3.72. The number of carboxylic acid groups (broad SMARTS) is 1. The Morgan fingerprint density at radius 2 is 1.85 bits per heavy atom. The zero-order chi connectivity index (χ0) is 14.5. The summed E-state index contributed by atoms with van der Waals surface area (Å²) in [6.45, 7) is 0. The van der Waals surface area contributed by atoms with Crippen LogP contribution in [-0.2, 0) is 4.79 Å². The number of thioether (sulfide) groups is 1. The first-order valence-electron chi connectivity index (χ1n) is 6.72. The summed E-state index contributed by atoms with van der Waals surface area (Å²) in [5.41, 5.74) is 0.0602. The largest absolute Gasteiger partial charge is 0.481 e. The normalized spacial score (nSPS) is 23.0. The van der Waals surface area contributed by atoms with Gasteiger partial charge in [-0.15, -0.1) is 11.8 Å². The van der Waals surface area contributed by atoms with Gasteiger partial charge in [0, 0.05) is 22.3 Å². The maximum Gasteiger partial charge on any atom is 0.307 e. The molecule has 0 aromatic heterocycles. The van der Waals surface area contributed by atoms with Crippen molar-refractivity contribution in [2.24, 2.45) is 5.92 Å². The van der Waals surface area contributed by atoms with E-state index in [4.69, 9.17) is 0 Å². The van der Waals surface area contributed by atoms with Crippen LogP contribution < -0.4 is 0 Å². The topological polar surface area (TPSA) is 80.4 Å². The summed E-state index contributed by atoms with van der Waals surface area (Å²) in [7, 11) is 0. The van der Waals surface area contributed by atoms with Crippen molar-refractivity contribution in [3.05, 3.63) is 34.4 Å². The highest BCUT2D eigenvalue weighted by molar-refractivity contribution is 8.00. The van der Waals surface area contributed by atoms with Crippen LogP contribution in [0.25, 0.3) is 0 Å². The fourth-order valence-corrected chi connectivity index (χ4v) is 3.86. The Hall–Kier alpha value is -1.56. The number of benzene rings is 1. The first kappa shape index (κ1) is 14.8. The highest BCUT2D eigenvalue weighted by atomic mass is 32.2. The van der Waals surface area contributed by atoms with Gasteiger partial charge in [0.2, 0.25) is 0 Å². The molecule has 1 aromatic rings. The number of nitro groups is 1. The molecule has 0 spiro atoms. The quantitative estimate of drug-likeness (QED) is 0.520. The second-order valence-corrected chi connectivity index (χ2v) is 6.30. The first-order chi connectivity index (χ1) is 9.58. The maximum atomic E-state index is 11.3. The van der Waals surface area contributed by atoms with E-state index in [2.05, 4.69) is 0 Å². The second kappa shape index (κ2) is 6.74. The van der Waals surface area contributed by atoms with Gasteiger partial charge in [-0.25, -0.2) is 0 Å². The van der Waals surface area contributed by atoms with E-state index in [1.54, 1.807) is 12.1 Å². The van der Waals surface area contributed by atoms with E-state index in [9.17, 15) is 20.0 Å². The van der Waals surface area contributed by atoms with Crippen molar-refractivity contribution in [1.29, 1.82) is 0 Å². The summed E-state index contributed by atoms with van der Waals surface area (Å²) in [6, 6.07) is 6.34. The number of hydrogen-bond acceptors (Lipinski definition) is 4. The molecule has 1 aromatic carbocycles. The SMILES string of the molecule is O=C(O)C1CCCCCC1Sc1ccc([N+](=O)[O-])cc1. The van der Waals surface area contributed by atoms with Crippen LogP contribution in [0.5, 0.6) is 0 Å². The van der Waals surface area contributed by atoms with Crippen molar-refractivity contribution in [1.82, 2.24) is 0 Å². The minimum absolute atomic E-state index is 0.0523. The van der Waals surface area contributed by atoms with Crippen LogP contribution in [-0.4, -0.2) is 21.2 Å². The summed E-state index contributed by atoms with van der Waals surface area (Å²) in [4.78, 5) is 22.4. The lowest BCUT2D eigenvalue weighted by Gasteiger charge is -2.20. The third-order valence-corrected chi connectivity index (χ3v) is 5.02. The number of hydrogen-bond donors (Lipinski definition) is 1. The molecule has 108 valence electrons. The molecule has 1 fully saturated rings. The van der Waals surface area contributed by atoms with Gasteiger partial charge in [0.05, 0.1) is 10.8 Å². The highest BCUT2D eigenvalue weighted by Gasteiger charge is 2.30. The lowest BCUT2D eigenvalue weighted by atomic mass is 10.0. The molecule has 2 unspecified atom stereocenters. The number of nitro benzene ring substituents is 1. The van der Waals surface area contributed by atoms with Crippen LogP contribution in [0.3, 0.4) is 0 Å². The molecule has 0 amide bonds. The van der Waals surface area contributed by atoms with Crippen molar-refractivity contribution in [3.63, 3.8) is 0 Å². The van der Waals surface area contributed by atoms with Crippen LogP contribution in [0.1, 0.15) is 32.1 Å². The number of nitrogens with zero attached hydrogens (tertiary/aromatic N) is 1. The summed E-state index contributed by atoms with van der Waals surface area (Å²) >= 11 is 1.53. The van der Waals surface area contributed by atoms with Gasteiger partial charge in [-0.05, 0) is 25.0 Å². The van der Waals surface area contributed by atoms with Crippen molar-refractivity contribution in [2.45, 2.75) is 42.2 Å². The van der Waals surface area contributed by atoms with Gasteiger partial charge in [0.25, 0.3) is 5.69 Å². The molecule has 0 saturated heterocycles. The molecule has 1 aliphatic carbocycles. The minimum atomic E-state index is -0.730. The molecule has 2 rings (SSSR count). The Balaban J connectivity index is 2.09. The fraction of sp³-hybridized carbons (Fsp3) is 0.500. The standard InChI is InChI=1S/C14H17NO4S/c16-14(17)12-4-2-1-3-5-13(12)20-11-8-6-10(7-9-11)15(18)19/h6-9,12-13H,1-5H2,(H,16,17). The van der Waals surface area contributed by atoms with Gasteiger partial charge in [-0.1, -0.05) is 19.3 Å². The van der Waals surface area contributed by atoms with E-state index in [0.29, 0.717) is 0 Å². The molecule has 1 N–H and O–H groups in total. The van der Waals surface area contributed by atoms with Crippen LogP contribution in [0.2, 0.25) is 0 Å². The molecule has 5 nitrogen and oxygen atoms in total. The van der Waals surface area contributed by atoms with E-state index >= 15 is 0 Å². The first-order valence-corrected chi connectivity index (χ1v) is 7.60. The van der Waals surface area contributed by atoms with Crippen molar-refractivity contribution in [3.8, 4) is 0 Å². The summed E-state index contributed by atoms with van der Waals surface area (Å²) in [6.07, 6.45) is 4.71. The Labute approximate surface area is 121 Å². The molecule has 1 saturated carbocycles. The van der Waals surface area contributed by atoms with E-state index in [0.717, 1.165) is 37.0 Å². The second-order valence-electron chi connectivity index (χ2n) is 4.99. The zero-order valence-corrected chi connectivity index (χ0v) is 11.8. The van der Waals surface area contributed by atoms with Crippen molar-refractivity contribution >= 4 is 23.4 Å². The lowest BCUT2D eigenvalue weighted by Crippen LogP contribution is -2.24. The minimum Gasteiger partial charge on any atom is -0.481 e. The summed E-state index contributed by atoms with van der Waals surface area (Å²) in [5, 5.41) is 20.0. The number of rotatable bonds is 4. The lowest BCUT2D eigenvalue weighted by molar-refractivity contribution is -0.384. The van der Waals surface area contributed by atoms with Gasteiger partial charge >= 0.3 is 5.97 Å². The van der Waals surface area contributed by atoms with Gasteiger partial charge in [0.15, 0.2) is 0 Å². The van der Waals surface area contributed by atoms with Crippen LogP contribution in [0.15, 0.2) is 29.2 Å². The molecule has 0 bridgehead atoms. The van der Waals surface area contributed by atoms with Crippen LogP contribution in [0.4, 0.5) is 5.69 Å². The van der Waals surface area contributed by atoms with E-state index in [1.165, 1.54) is 23.9 Å². The molecular weight excluding hydrogens is 278 g/mol. The number of non-ortho nitro benzene ring substituents is 1. The Bertz CT molecular complexity index is 488. The number of aliphatic carboxylic acids is 1. The van der Waals surface area contributed by atoms with Crippen LogP contribution >= 0.6 is 11.8 Å². The average Bonchev–Trinajstić information content (AvgIpc) is 2.65. The molecule has 2 atom stereocenters. The smallest absolute Gasteiger partial charge is 0.307 e. The highest BCUT2D eigenvalue weighted by Crippen LogP contribution is 2.37. The van der Waals surface area contributed by atoms with E-state index < -0.39 is 10.9 Å². The third-order valence-electron chi connectivity index (χ3n) is 3.60. The zero-order valence-electron chi connectivity index (χ0n) is 11.0. The van der Waals surface area contributed by atoms with Crippen LogP contribution in [0, 0.1) is 16.0 Å². The number of carbonyl (C=O) groups is 1. The third kappa shape index (κ3) is 3.72. The predicted molar refractivity (Wildman–Crippen MR) is 77.0 cm³/mol. The molecular formula is C14H17NO4S. The molecule has 0 aliphatic heterocycles. The molecule has 0 radical (unpaired) electrons. The van der Waals surface area contributed by atoms with E-state index in [-0.39, 0.29) is 16.9 Å². The van der Waals surface area contributed by atoms with Gasteiger partial charge in [-0.2, -0.15) is 0 Å².